The summed E-state index contributed by atoms with van der Waals surface area (Å²) in [6.07, 6.45) is 1.13. The van der Waals surface area contributed by atoms with Crippen LogP contribution in [0.2, 0.25) is 0 Å². The van der Waals surface area contributed by atoms with Crippen molar-refractivity contribution in [2.75, 3.05) is 11.9 Å². The lowest BCUT2D eigenvalue weighted by molar-refractivity contribution is 0.664. The van der Waals surface area contributed by atoms with Crippen molar-refractivity contribution in [3.05, 3.63) is 23.8 Å². The second-order valence-electron chi connectivity index (χ2n) is 4.02. The van der Waals surface area contributed by atoms with Gasteiger partial charge in [-0.1, -0.05) is 13.0 Å². The second kappa shape index (κ2) is 4.96. The third-order valence-corrected chi connectivity index (χ3v) is 2.93. The van der Waals surface area contributed by atoms with E-state index < -0.39 is 0 Å². The van der Waals surface area contributed by atoms with Crippen LogP contribution in [-0.2, 0) is 0 Å². The molecule has 0 aliphatic carbocycles. The minimum atomic E-state index is 0.521. The molecule has 2 nitrogen and oxygen atoms in total. The van der Waals surface area contributed by atoms with Crippen LogP contribution in [-0.4, -0.2) is 19.8 Å². The number of nitrogens with zero attached hydrogens (tertiary/aromatic N) is 2. The number of aryl methyl sites for hydroxylation is 1. The van der Waals surface area contributed by atoms with Crippen molar-refractivity contribution in [1.82, 2.24) is 0 Å². The Morgan fingerprint density at radius 1 is 1.47 bits per heavy atom. The zero-order chi connectivity index (χ0) is 11.4. The largest absolute Gasteiger partial charge is 0.370 e. The van der Waals surface area contributed by atoms with Crippen molar-refractivity contribution < 1.29 is 0 Å². The predicted octanol–water partition coefficient (Wildman–Crippen LogP) is 3.56. The normalized spacial score (nSPS) is 12.3. The lowest BCUT2D eigenvalue weighted by Gasteiger charge is -2.27. The number of hydrogen-bond acceptors (Lipinski definition) is 2. The molecular weight excluding hydrogens is 184 g/mol. The van der Waals surface area contributed by atoms with Gasteiger partial charge in [0.05, 0.1) is 11.4 Å². The van der Waals surface area contributed by atoms with Crippen LogP contribution in [0.1, 0.15) is 25.8 Å². The highest BCUT2D eigenvalue weighted by atomic mass is 15.1. The molecule has 1 rings (SSSR count). The number of rotatable bonds is 4. The first kappa shape index (κ1) is 11.8. The number of benzene rings is 1. The third-order valence-electron chi connectivity index (χ3n) is 2.93. The van der Waals surface area contributed by atoms with Gasteiger partial charge in [0.2, 0.25) is 0 Å². The molecule has 1 aromatic rings. The first-order valence-electron chi connectivity index (χ1n) is 5.40. The molecule has 0 heterocycles. The SMILES string of the molecule is C=Nc1cc(C)ccc1N(C)C(C)CC. The van der Waals surface area contributed by atoms with Crippen molar-refractivity contribution >= 4 is 18.1 Å². The number of aliphatic imine (C=N–C) groups is 1. The molecule has 1 unspecified atom stereocenters. The third kappa shape index (κ3) is 2.58. The Morgan fingerprint density at radius 3 is 2.67 bits per heavy atom. The van der Waals surface area contributed by atoms with E-state index in [0.717, 1.165) is 17.8 Å². The van der Waals surface area contributed by atoms with Crippen LogP contribution in [0.5, 0.6) is 0 Å². The Bertz CT molecular complexity index is 344. The topological polar surface area (TPSA) is 15.6 Å². The van der Waals surface area contributed by atoms with E-state index in [4.69, 9.17) is 0 Å². The molecule has 0 radical (unpaired) electrons. The Morgan fingerprint density at radius 2 is 2.13 bits per heavy atom. The average Bonchev–Trinajstić information content (AvgIpc) is 2.26. The maximum Gasteiger partial charge on any atom is 0.0858 e. The van der Waals surface area contributed by atoms with Crippen molar-refractivity contribution in [1.29, 1.82) is 0 Å². The smallest absolute Gasteiger partial charge is 0.0858 e. The fourth-order valence-corrected chi connectivity index (χ4v) is 1.57. The van der Waals surface area contributed by atoms with Gasteiger partial charge in [0.15, 0.2) is 0 Å². The Labute approximate surface area is 92.6 Å². The summed E-state index contributed by atoms with van der Waals surface area (Å²) in [7, 11) is 2.10. The van der Waals surface area contributed by atoms with E-state index in [2.05, 4.69) is 62.6 Å². The molecule has 0 N–H and O–H groups in total. The van der Waals surface area contributed by atoms with Crippen molar-refractivity contribution in [2.45, 2.75) is 33.2 Å². The van der Waals surface area contributed by atoms with Crippen LogP contribution < -0.4 is 4.90 Å². The molecule has 2 heteroatoms. The Hall–Kier alpha value is -1.31. The van der Waals surface area contributed by atoms with E-state index in [9.17, 15) is 0 Å². The number of anilines is 1. The van der Waals surface area contributed by atoms with Crippen LogP contribution >= 0.6 is 0 Å². The van der Waals surface area contributed by atoms with Crippen LogP contribution in [0.25, 0.3) is 0 Å². The number of hydrogen-bond donors (Lipinski definition) is 0. The van der Waals surface area contributed by atoms with E-state index in [1.165, 1.54) is 5.56 Å². The van der Waals surface area contributed by atoms with Gasteiger partial charge in [-0.3, -0.25) is 4.99 Å². The maximum absolute atomic E-state index is 4.08. The van der Waals surface area contributed by atoms with Crippen molar-refractivity contribution in [3.63, 3.8) is 0 Å². The molecule has 82 valence electrons. The molecule has 0 spiro atoms. The van der Waals surface area contributed by atoms with Crippen molar-refractivity contribution in [2.24, 2.45) is 4.99 Å². The van der Waals surface area contributed by atoms with E-state index in [-0.39, 0.29) is 0 Å². The maximum atomic E-state index is 4.08. The first-order chi connectivity index (χ1) is 7.10. The fourth-order valence-electron chi connectivity index (χ4n) is 1.57. The summed E-state index contributed by atoms with van der Waals surface area (Å²) in [5.74, 6) is 0. The highest BCUT2D eigenvalue weighted by molar-refractivity contribution is 5.69. The van der Waals surface area contributed by atoms with E-state index in [0.29, 0.717) is 6.04 Å². The van der Waals surface area contributed by atoms with Gasteiger partial charge in [-0.15, -0.1) is 0 Å². The average molecular weight is 204 g/mol. The highest BCUT2D eigenvalue weighted by Crippen LogP contribution is 2.30. The molecule has 0 amide bonds. The molecule has 0 saturated carbocycles. The van der Waals surface area contributed by atoms with Crippen LogP contribution in [0, 0.1) is 6.92 Å². The monoisotopic (exact) mass is 204 g/mol. The van der Waals surface area contributed by atoms with Gasteiger partial charge in [0.1, 0.15) is 0 Å². The van der Waals surface area contributed by atoms with Gasteiger partial charge >= 0.3 is 0 Å². The molecule has 1 atom stereocenters. The standard InChI is InChI=1S/C13H20N2/c1-6-11(3)15(5)13-8-7-10(2)9-12(13)14-4/h7-9,11H,4,6H2,1-3,5H3. The lowest BCUT2D eigenvalue weighted by Crippen LogP contribution is -2.27. The molecule has 0 saturated heterocycles. The van der Waals surface area contributed by atoms with Crippen LogP contribution in [0.15, 0.2) is 23.2 Å². The molecule has 0 aliphatic rings. The Kier molecular flexibility index (Phi) is 3.89. The van der Waals surface area contributed by atoms with Crippen molar-refractivity contribution in [3.8, 4) is 0 Å². The van der Waals surface area contributed by atoms with E-state index in [1.54, 1.807) is 0 Å². The zero-order valence-corrected chi connectivity index (χ0v) is 10.1. The summed E-state index contributed by atoms with van der Waals surface area (Å²) >= 11 is 0. The van der Waals surface area contributed by atoms with Gasteiger partial charge in [-0.05, 0) is 44.7 Å². The zero-order valence-electron chi connectivity index (χ0n) is 10.1. The summed E-state index contributed by atoms with van der Waals surface area (Å²) in [6.45, 7) is 10.1. The summed E-state index contributed by atoms with van der Waals surface area (Å²) in [6, 6.07) is 6.82. The quantitative estimate of drug-likeness (QED) is 0.685. The lowest BCUT2D eigenvalue weighted by atomic mass is 10.1. The highest BCUT2D eigenvalue weighted by Gasteiger charge is 2.11. The molecule has 1 aromatic carbocycles. The van der Waals surface area contributed by atoms with Gasteiger partial charge in [0.25, 0.3) is 0 Å². The van der Waals surface area contributed by atoms with Gasteiger partial charge in [-0.2, -0.15) is 0 Å². The fraction of sp³-hybridized carbons (Fsp3) is 0.462. The molecule has 0 aromatic heterocycles. The van der Waals surface area contributed by atoms with Crippen LogP contribution in [0.4, 0.5) is 11.4 Å². The molecule has 0 fully saturated rings. The Balaban J connectivity index is 3.07. The summed E-state index contributed by atoms with van der Waals surface area (Å²) in [5, 5.41) is 0. The molecule has 0 aliphatic heterocycles. The second-order valence-corrected chi connectivity index (χ2v) is 4.02. The predicted molar refractivity (Wildman–Crippen MR) is 68.5 cm³/mol. The minimum Gasteiger partial charge on any atom is -0.370 e. The summed E-state index contributed by atoms with van der Waals surface area (Å²) < 4.78 is 0. The molecular formula is C13H20N2. The minimum absolute atomic E-state index is 0.521. The van der Waals surface area contributed by atoms with Gasteiger partial charge < -0.3 is 4.90 Å². The van der Waals surface area contributed by atoms with Crippen LogP contribution in [0.3, 0.4) is 0 Å². The van der Waals surface area contributed by atoms with E-state index >= 15 is 0 Å². The van der Waals surface area contributed by atoms with E-state index in [1.807, 2.05) is 0 Å². The van der Waals surface area contributed by atoms with Gasteiger partial charge in [-0.25, -0.2) is 0 Å². The van der Waals surface area contributed by atoms with Gasteiger partial charge in [0, 0.05) is 13.1 Å². The first-order valence-corrected chi connectivity index (χ1v) is 5.40. The summed E-state index contributed by atoms with van der Waals surface area (Å²) in [4.78, 5) is 6.33. The molecule has 0 bridgehead atoms. The summed E-state index contributed by atoms with van der Waals surface area (Å²) in [5.41, 5.74) is 3.35. The molecule has 15 heavy (non-hydrogen) atoms.